The molecule has 0 aliphatic heterocycles. The molecular weight excluding hydrogens is 332 g/mol. The lowest BCUT2D eigenvalue weighted by molar-refractivity contribution is 0.300. The van der Waals surface area contributed by atoms with Gasteiger partial charge in [0.1, 0.15) is 10.6 Å². The van der Waals surface area contributed by atoms with Gasteiger partial charge in [0.25, 0.3) is 0 Å². The standard InChI is InChI=1S/C16H22N2O3S2/c1-12-5-6-15(21-4)16(9-12)23(19,20)17-10-14(18(2)3)13-7-8-22-11-13/h5-9,11,14,17H,10H2,1-4H3/t14-/m0/s1. The molecule has 0 bridgehead atoms. The van der Waals surface area contributed by atoms with Crippen molar-refractivity contribution in [3.63, 3.8) is 0 Å². The number of sulfonamides is 1. The minimum Gasteiger partial charge on any atom is -0.495 e. The summed E-state index contributed by atoms with van der Waals surface area (Å²) in [5.74, 6) is 0.347. The highest BCUT2D eigenvalue weighted by Gasteiger charge is 2.23. The minimum atomic E-state index is -3.64. The molecule has 2 aromatic rings. The van der Waals surface area contributed by atoms with Gasteiger partial charge in [0.2, 0.25) is 10.0 Å². The van der Waals surface area contributed by atoms with Crippen LogP contribution in [0.15, 0.2) is 39.9 Å². The van der Waals surface area contributed by atoms with Crippen LogP contribution in [0.25, 0.3) is 0 Å². The van der Waals surface area contributed by atoms with Gasteiger partial charge in [-0.15, -0.1) is 0 Å². The van der Waals surface area contributed by atoms with Crippen LogP contribution in [0.4, 0.5) is 0 Å². The topological polar surface area (TPSA) is 58.6 Å². The Hall–Kier alpha value is -1.41. The van der Waals surface area contributed by atoms with Gasteiger partial charge in [-0.25, -0.2) is 13.1 Å². The summed E-state index contributed by atoms with van der Waals surface area (Å²) in [6.07, 6.45) is 0. The molecule has 1 atom stereocenters. The van der Waals surface area contributed by atoms with E-state index in [1.807, 2.05) is 48.8 Å². The molecule has 0 radical (unpaired) electrons. The first-order valence-electron chi connectivity index (χ1n) is 7.18. The number of methoxy groups -OCH3 is 1. The number of nitrogens with one attached hydrogen (secondary N) is 1. The first-order chi connectivity index (χ1) is 10.8. The van der Waals surface area contributed by atoms with E-state index in [2.05, 4.69) is 4.72 Å². The molecule has 0 unspecified atom stereocenters. The SMILES string of the molecule is COc1ccc(C)cc1S(=O)(=O)NC[C@@H](c1ccsc1)N(C)C. The Balaban J connectivity index is 2.23. The van der Waals surface area contributed by atoms with Crippen LogP contribution in [0.3, 0.4) is 0 Å². The summed E-state index contributed by atoms with van der Waals surface area (Å²) in [6, 6.07) is 7.11. The van der Waals surface area contributed by atoms with E-state index in [1.54, 1.807) is 23.5 Å². The summed E-state index contributed by atoms with van der Waals surface area (Å²) in [5.41, 5.74) is 1.96. The number of aryl methyl sites for hydroxylation is 1. The van der Waals surface area contributed by atoms with E-state index in [0.29, 0.717) is 12.3 Å². The maximum absolute atomic E-state index is 12.7. The number of likely N-dealkylation sites (N-methyl/N-ethyl adjacent to an activating group) is 1. The fraction of sp³-hybridized carbons (Fsp3) is 0.375. The van der Waals surface area contributed by atoms with Crippen LogP contribution in [0.1, 0.15) is 17.2 Å². The summed E-state index contributed by atoms with van der Waals surface area (Å²) in [5, 5.41) is 4.02. The molecule has 0 saturated carbocycles. The van der Waals surface area contributed by atoms with Gasteiger partial charge < -0.3 is 9.64 Å². The molecule has 7 heteroatoms. The lowest BCUT2D eigenvalue weighted by atomic mass is 10.1. The van der Waals surface area contributed by atoms with E-state index >= 15 is 0 Å². The molecule has 0 amide bonds. The highest BCUT2D eigenvalue weighted by Crippen LogP contribution is 2.26. The summed E-state index contributed by atoms with van der Waals surface area (Å²) in [4.78, 5) is 2.17. The number of nitrogens with zero attached hydrogens (tertiary/aromatic N) is 1. The Bertz CT molecular complexity index is 741. The highest BCUT2D eigenvalue weighted by molar-refractivity contribution is 7.89. The minimum absolute atomic E-state index is 0.0215. The third-order valence-electron chi connectivity index (χ3n) is 3.63. The van der Waals surface area contributed by atoms with E-state index in [0.717, 1.165) is 11.1 Å². The summed E-state index contributed by atoms with van der Waals surface area (Å²) < 4.78 is 33.2. The van der Waals surface area contributed by atoms with Crippen LogP contribution in [-0.2, 0) is 10.0 Å². The van der Waals surface area contributed by atoms with Crippen molar-refractivity contribution in [2.45, 2.75) is 17.9 Å². The Morgan fingerprint density at radius 2 is 2.04 bits per heavy atom. The molecule has 5 nitrogen and oxygen atoms in total. The van der Waals surface area contributed by atoms with E-state index in [4.69, 9.17) is 4.74 Å². The predicted octanol–water partition coefficient (Wildman–Crippen LogP) is 2.65. The van der Waals surface area contributed by atoms with Crippen molar-refractivity contribution < 1.29 is 13.2 Å². The van der Waals surface area contributed by atoms with Crippen LogP contribution in [0.5, 0.6) is 5.75 Å². The highest BCUT2D eigenvalue weighted by atomic mass is 32.2. The Labute approximate surface area is 142 Å². The normalized spacial score (nSPS) is 13.3. The first-order valence-corrected chi connectivity index (χ1v) is 9.60. The molecule has 0 aliphatic rings. The third-order valence-corrected chi connectivity index (χ3v) is 5.77. The molecule has 1 aromatic carbocycles. The molecule has 0 aliphatic carbocycles. The van der Waals surface area contributed by atoms with Crippen LogP contribution in [0, 0.1) is 6.92 Å². The lowest BCUT2D eigenvalue weighted by Gasteiger charge is -2.24. The second-order valence-electron chi connectivity index (χ2n) is 5.54. The first kappa shape index (κ1) is 17.9. The van der Waals surface area contributed by atoms with Crippen molar-refractivity contribution in [2.24, 2.45) is 0 Å². The quantitative estimate of drug-likeness (QED) is 0.830. The largest absolute Gasteiger partial charge is 0.495 e. The average molecular weight is 354 g/mol. The van der Waals surface area contributed by atoms with Crippen molar-refractivity contribution in [3.8, 4) is 5.75 Å². The number of benzene rings is 1. The van der Waals surface area contributed by atoms with Crippen LogP contribution >= 0.6 is 11.3 Å². The monoisotopic (exact) mass is 354 g/mol. The molecule has 1 N–H and O–H groups in total. The van der Waals surface area contributed by atoms with Gasteiger partial charge in [-0.2, -0.15) is 11.3 Å². The van der Waals surface area contributed by atoms with Crippen LogP contribution < -0.4 is 9.46 Å². The smallest absolute Gasteiger partial charge is 0.244 e. The number of hydrogen-bond donors (Lipinski definition) is 1. The molecule has 0 fully saturated rings. The Morgan fingerprint density at radius 3 is 2.61 bits per heavy atom. The van der Waals surface area contributed by atoms with Crippen LogP contribution in [0.2, 0.25) is 0 Å². The number of ether oxygens (including phenoxy) is 1. The summed E-state index contributed by atoms with van der Waals surface area (Å²) >= 11 is 1.60. The van der Waals surface area contributed by atoms with E-state index in [1.165, 1.54) is 7.11 Å². The number of hydrogen-bond acceptors (Lipinski definition) is 5. The molecule has 23 heavy (non-hydrogen) atoms. The van der Waals surface area contributed by atoms with Crippen molar-refractivity contribution in [1.82, 2.24) is 9.62 Å². The van der Waals surface area contributed by atoms with Crippen molar-refractivity contribution in [3.05, 3.63) is 46.2 Å². The molecule has 1 heterocycles. The van der Waals surface area contributed by atoms with Crippen LogP contribution in [-0.4, -0.2) is 41.1 Å². The zero-order chi connectivity index (χ0) is 17.0. The van der Waals surface area contributed by atoms with Gasteiger partial charge in [0.15, 0.2) is 0 Å². The third kappa shape index (κ3) is 4.32. The van der Waals surface area contributed by atoms with Gasteiger partial charge in [-0.05, 0) is 61.1 Å². The van der Waals surface area contributed by atoms with E-state index < -0.39 is 10.0 Å². The molecule has 126 valence electrons. The fourth-order valence-corrected chi connectivity index (χ4v) is 4.32. The Kier molecular flexibility index (Phi) is 5.80. The molecular formula is C16H22N2O3S2. The van der Waals surface area contributed by atoms with Gasteiger partial charge in [0.05, 0.1) is 7.11 Å². The van der Waals surface area contributed by atoms with Crippen molar-refractivity contribution in [2.75, 3.05) is 27.7 Å². The zero-order valence-corrected chi connectivity index (χ0v) is 15.4. The second kappa shape index (κ2) is 7.44. The molecule has 2 rings (SSSR count). The molecule has 0 saturated heterocycles. The molecule has 0 spiro atoms. The molecule has 1 aromatic heterocycles. The maximum Gasteiger partial charge on any atom is 0.244 e. The summed E-state index contributed by atoms with van der Waals surface area (Å²) in [6.45, 7) is 2.15. The second-order valence-corrected chi connectivity index (χ2v) is 8.06. The number of rotatable bonds is 7. The Morgan fingerprint density at radius 1 is 1.30 bits per heavy atom. The average Bonchev–Trinajstić information content (AvgIpc) is 3.01. The van der Waals surface area contributed by atoms with E-state index in [-0.39, 0.29) is 10.9 Å². The van der Waals surface area contributed by atoms with Gasteiger partial charge in [-0.3, -0.25) is 0 Å². The lowest BCUT2D eigenvalue weighted by Crippen LogP contribution is -2.34. The van der Waals surface area contributed by atoms with Gasteiger partial charge >= 0.3 is 0 Å². The summed E-state index contributed by atoms with van der Waals surface area (Å²) in [7, 11) is 1.70. The van der Waals surface area contributed by atoms with Crippen molar-refractivity contribution >= 4 is 21.4 Å². The fourth-order valence-electron chi connectivity index (χ4n) is 2.32. The predicted molar refractivity (Wildman–Crippen MR) is 93.7 cm³/mol. The van der Waals surface area contributed by atoms with Crippen molar-refractivity contribution in [1.29, 1.82) is 0 Å². The van der Waals surface area contributed by atoms with E-state index in [9.17, 15) is 8.42 Å². The zero-order valence-electron chi connectivity index (χ0n) is 13.7. The maximum atomic E-state index is 12.7. The van der Waals surface area contributed by atoms with Gasteiger partial charge in [-0.1, -0.05) is 6.07 Å². The number of thiophene rings is 1. The van der Waals surface area contributed by atoms with Gasteiger partial charge in [0, 0.05) is 12.6 Å².